The van der Waals surface area contributed by atoms with Crippen LogP contribution in [-0.4, -0.2) is 49.5 Å². The zero-order valence-electron chi connectivity index (χ0n) is 12.0. The van der Waals surface area contributed by atoms with Gasteiger partial charge >= 0.3 is 0 Å². The highest BCUT2D eigenvalue weighted by atomic mass is 16.5. The molecule has 0 radical (unpaired) electrons. The minimum absolute atomic E-state index is 0.0306. The van der Waals surface area contributed by atoms with Crippen molar-refractivity contribution in [3.05, 3.63) is 0 Å². The van der Waals surface area contributed by atoms with Crippen LogP contribution >= 0.6 is 0 Å². The van der Waals surface area contributed by atoms with E-state index >= 15 is 0 Å². The molecular weight excluding hydrogens is 232 g/mol. The van der Waals surface area contributed by atoms with Crippen LogP contribution in [0.15, 0.2) is 0 Å². The molecule has 0 aromatic heterocycles. The highest BCUT2D eigenvalue weighted by Gasteiger charge is 2.06. The van der Waals surface area contributed by atoms with Gasteiger partial charge in [-0.1, -0.05) is 13.8 Å². The average Bonchev–Trinajstić information content (AvgIpc) is 2.23. The number of carbonyl (C=O) groups is 1. The Kier molecular flexibility index (Phi) is 9.92. The monoisotopic (exact) mass is 260 g/mol. The van der Waals surface area contributed by atoms with Gasteiger partial charge in [0.15, 0.2) is 0 Å². The number of ether oxygens (including phenoxy) is 1. The number of amides is 1. The molecule has 0 spiro atoms. The van der Waals surface area contributed by atoms with E-state index in [4.69, 9.17) is 4.74 Å². The topological polar surface area (TPSA) is 70.6 Å². The maximum Gasteiger partial charge on any atom is 0.221 e. The molecule has 108 valence electrons. The van der Waals surface area contributed by atoms with E-state index in [0.29, 0.717) is 38.6 Å². The number of carbonyl (C=O) groups excluding carboxylic acids is 1. The van der Waals surface area contributed by atoms with E-state index in [2.05, 4.69) is 24.5 Å². The van der Waals surface area contributed by atoms with Crippen molar-refractivity contribution in [2.45, 2.75) is 46.3 Å². The van der Waals surface area contributed by atoms with Crippen LogP contribution in [0.25, 0.3) is 0 Å². The second kappa shape index (κ2) is 10.3. The smallest absolute Gasteiger partial charge is 0.221 e. The average molecular weight is 260 g/mol. The van der Waals surface area contributed by atoms with E-state index in [-0.39, 0.29) is 11.9 Å². The van der Waals surface area contributed by atoms with Crippen LogP contribution in [0, 0.1) is 5.92 Å². The molecule has 0 aliphatic heterocycles. The fourth-order valence-electron chi connectivity index (χ4n) is 1.36. The standard InChI is InChI=1S/C13H28N2O3/c1-10(2)8-18-9-12(16)7-14-6-5-13(17)15-11(3)4/h10-12,14,16H,5-9H2,1-4H3,(H,15,17). The lowest BCUT2D eigenvalue weighted by Crippen LogP contribution is -2.35. The predicted molar refractivity (Wildman–Crippen MR) is 72.4 cm³/mol. The van der Waals surface area contributed by atoms with Gasteiger partial charge in [-0.15, -0.1) is 0 Å². The Morgan fingerprint density at radius 2 is 1.89 bits per heavy atom. The van der Waals surface area contributed by atoms with Gasteiger partial charge in [0, 0.05) is 32.2 Å². The summed E-state index contributed by atoms with van der Waals surface area (Å²) in [5, 5.41) is 15.4. The molecule has 0 fully saturated rings. The number of aliphatic hydroxyl groups is 1. The Morgan fingerprint density at radius 1 is 1.22 bits per heavy atom. The summed E-state index contributed by atoms with van der Waals surface area (Å²) in [6, 6.07) is 0.174. The van der Waals surface area contributed by atoms with Crippen molar-refractivity contribution in [1.29, 1.82) is 0 Å². The Labute approximate surface area is 110 Å². The van der Waals surface area contributed by atoms with Gasteiger partial charge < -0.3 is 20.5 Å². The fraction of sp³-hybridized carbons (Fsp3) is 0.923. The van der Waals surface area contributed by atoms with Gasteiger partial charge in [0.2, 0.25) is 5.91 Å². The largest absolute Gasteiger partial charge is 0.389 e. The van der Waals surface area contributed by atoms with E-state index in [0.717, 1.165) is 0 Å². The lowest BCUT2D eigenvalue weighted by atomic mass is 10.2. The van der Waals surface area contributed by atoms with Crippen LogP contribution in [0.5, 0.6) is 0 Å². The Bertz CT molecular complexity index is 220. The molecule has 5 nitrogen and oxygen atoms in total. The normalized spacial score (nSPS) is 13.1. The maximum absolute atomic E-state index is 11.3. The summed E-state index contributed by atoms with van der Waals surface area (Å²) >= 11 is 0. The summed E-state index contributed by atoms with van der Waals surface area (Å²) in [7, 11) is 0. The summed E-state index contributed by atoms with van der Waals surface area (Å²) in [6.07, 6.45) is -0.0884. The SMILES string of the molecule is CC(C)COCC(O)CNCCC(=O)NC(C)C. The van der Waals surface area contributed by atoms with Gasteiger partial charge in [0.05, 0.1) is 12.7 Å². The highest BCUT2D eigenvalue weighted by molar-refractivity contribution is 5.76. The minimum Gasteiger partial charge on any atom is -0.389 e. The molecule has 1 amide bonds. The maximum atomic E-state index is 11.3. The Morgan fingerprint density at radius 3 is 2.44 bits per heavy atom. The van der Waals surface area contributed by atoms with E-state index in [1.807, 2.05) is 13.8 Å². The van der Waals surface area contributed by atoms with Crippen LogP contribution in [0.4, 0.5) is 0 Å². The highest BCUT2D eigenvalue weighted by Crippen LogP contribution is 1.93. The summed E-state index contributed by atoms with van der Waals surface area (Å²) in [5.74, 6) is 0.507. The van der Waals surface area contributed by atoms with Crippen molar-refractivity contribution in [2.24, 2.45) is 5.92 Å². The predicted octanol–water partition coefficient (Wildman–Crippen LogP) is 0.524. The number of hydrogen-bond acceptors (Lipinski definition) is 4. The molecule has 5 heteroatoms. The third-order valence-corrected chi connectivity index (χ3v) is 2.12. The molecule has 3 N–H and O–H groups in total. The summed E-state index contributed by atoms with van der Waals surface area (Å²) in [4.78, 5) is 11.3. The molecule has 0 rings (SSSR count). The second-order valence-electron chi connectivity index (χ2n) is 5.26. The van der Waals surface area contributed by atoms with Gasteiger partial charge in [0.25, 0.3) is 0 Å². The van der Waals surface area contributed by atoms with Crippen LogP contribution in [0.1, 0.15) is 34.1 Å². The van der Waals surface area contributed by atoms with E-state index in [9.17, 15) is 9.90 Å². The molecule has 1 atom stereocenters. The minimum atomic E-state index is -0.517. The van der Waals surface area contributed by atoms with Crippen LogP contribution in [0.2, 0.25) is 0 Å². The van der Waals surface area contributed by atoms with Gasteiger partial charge in [0.1, 0.15) is 0 Å². The summed E-state index contributed by atoms with van der Waals surface area (Å²) in [6.45, 7) is 10.0. The van der Waals surface area contributed by atoms with Gasteiger partial charge in [-0.3, -0.25) is 4.79 Å². The molecule has 18 heavy (non-hydrogen) atoms. The lowest BCUT2D eigenvalue weighted by molar-refractivity contribution is -0.121. The first-order chi connectivity index (χ1) is 8.41. The zero-order chi connectivity index (χ0) is 14.0. The summed E-state index contributed by atoms with van der Waals surface area (Å²) < 4.78 is 5.32. The first-order valence-electron chi connectivity index (χ1n) is 6.67. The van der Waals surface area contributed by atoms with E-state index < -0.39 is 6.10 Å². The Balaban J connectivity index is 3.40. The third-order valence-electron chi connectivity index (χ3n) is 2.12. The Hall–Kier alpha value is -0.650. The second-order valence-corrected chi connectivity index (χ2v) is 5.26. The van der Waals surface area contributed by atoms with Crippen molar-refractivity contribution < 1.29 is 14.6 Å². The van der Waals surface area contributed by atoms with Crippen molar-refractivity contribution in [1.82, 2.24) is 10.6 Å². The fourth-order valence-corrected chi connectivity index (χ4v) is 1.36. The lowest BCUT2D eigenvalue weighted by Gasteiger charge is -2.13. The zero-order valence-corrected chi connectivity index (χ0v) is 12.0. The van der Waals surface area contributed by atoms with Crippen molar-refractivity contribution in [3.8, 4) is 0 Å². The molecule has 0 saturated carbocycles. The first kappa shape index (κ1) is 17.4. The van der Waals surface area contributed by atoms with Crippen molar-refractivity contribution in [2.75, 3.05) is 26.3 Å². The molecule has 0 aromatic rings. The van der Waals surface area contributed by atoms with Gasteiger partial charge in [-0.05, 0) is 19.8 Å². The molecule has 0 saturated heterocycles. The number of hydrogen-bond donors (Lipinski definition) is 3. The number of rotatable bonds is 10. The molecular formula is C13H28N2O3. The molecule has 0 aromatic carbocycles. The first-order valence-corrected chi connectivity index (χ1v) is 6.67. The van der Waals surface area contributed by atoms with Crippen LogP contribution < -0.4 is 10.6 Å². The van der Waals surface area contributed by atoms with Gasteiger partial charge in [-0.2, -0.15) is 0 Å². The van der Waals surface area contributed by atoms with Crippen molar-refractivity contribution >= 4 is 5.91 Å². The molecule has 0 bridgehead atoms. The summed E-state index contributed by atoms with van der Waals surface area (Å²) in [5.41, 5.74) is 0. The molecule has 1 unspecified atom stereocenters. The van der Waals surface area contributed by atoms with Gasteiger partial charge in [-0.25, -0.2) is 0 Å². The quantitative estimate of drug-likeness (QED) is 0.501. The molecule has 0 aliphatic carbocycles. The van der Waals surface area contributed by atoms with Crippen LogP contribution in [0.3, 0.4) is 0 Å². The van der Waals surface area contributed by atoms with E-state index in [1.54, 1.807) is 0 Å². The third kappa shape index (κ3) is 11.8. The van der Waals surface area contributed by atoms with Crippen LogP contribution in [-0.2, 0) is 9.53 Å². The van der Waals surface area contributed by atoms with E-state index in [1.165, 1.54) is 0 Å². The molecule has 0 heterocycles. The van der Waals surface area contributed by atoms with Crippen molar-refractivity contribution in [3.63, 3.8) is 0 Å². The number of nitrogens with one attached hydrogen (secondary N) is 2. The molecule has 0 aliphatic rings. The number of aliphatic hydroxyl groups excluding tert-OH is 1.